The van der Waals surface area contributed by atoms with Gasteiger partial charge in [-0.15, -0.1) is 0 Å². The Kier molecular flexibility index (Phi) is 6.39. The number of hydrogen-bond acceptors (Lipinski definition) is 7. The normalized spacial score (nSPS) is 11.2. The number of fused-ring (bicyclic) bond motifs is 3. The van der Waals surface area contributed by atoms with Crippen molar-refractivity contribution < 1.29 is 18.7 Å². The fourth-order valence-electron chi connectivity index (χ4n) is 4.15. The summed E-state index contributed by atoms with van der Waals surface area (Å²) in [6.45, 7) is 0.195. The second-order valence-corrected chi connectivity index (χ2v) is 9.69. The lowest BCUT2D eigenvalue weighted by atomic mass is 10.1. The van der Waals surface area contributed by atoms with Crippen LogP contribution in [0.25, 0.3) is 21.9 Å². The molecular weight excluding hydrogens is 495 g/mol. The van der Waals surface area contributed by atoms with Crippen LogP contribution < -0.4 is 20.8 Å². The first-order valence-electron chi connectivity index (χ1n) is 11.4. The highest BCUT2D eigenvalue weighted by atomic mass is 32.2. The molecule has 0 aliphatic rings. The molecule has 188 valence electrons. The standard InChI is InChI=1S/C28H23FN2O5S/c1-30(2)17-10-13-19-21(14-17)31(15-16-8-11-18(35-3)12-9-16)27(33)23-24(32)26(28(34)36-25(19)23)37-22-7-5-4-6-20(22)29/h4-14,32H,15H2,1-3H3. The van der Waals surface area contributed by atoms with Gasteiger partial charge in [-0.25, -0.2) is 9.18 Å². The van der Waals surface area contributed by atoms with Crippen LogP contribution >= 0.6 is 11.8 Å². The van der Waals surface area contributed by atoms with Crippen LogP contribution in [0.3, 0.4) is 0 Å². The van der Waals surface area contributed by atoms with Gasteiger partial charge in [-0.05, 0) is 48.0 Å². The largest absolute Gasteiger partial charge is 0.505 e. The minimum atomic E-state index is -0.858. The SMILES string of the molecule is COc1ccc(Cn2c(=O)c3c(O)c(Sc4ccccc4F)c(=O)oc3c3ccc(N(C)C)cc32)cc1. The summed E-state index contributed by atoms with van der Waals surface area (Å²) >= 11 is 0.717. The Hall–Kier alpha value is -4.24. The molecule has 0 aliphatic heterocycles. The molecule has 0 spiro atoms. The Bertz CT molecular complexity index is 1760. The first-order chi connectivity index (χ1) is 17.8. The van der Waals surface area contributed by atoms with Crippen molar-refractivity contribution in [3.63, 3.8) is 0 Å². The summed E-state index contributed by atoms with van der Waals surface area (Å²) in [6.07, 6.45) is 0. The zero-order chi connectivity index (χ0) is 26.3. The van der Waals surface area contributed by atoms with Crippen molar-refractivity contribution in [3.8, 4) is 11.5 Å². The van der Waals surface area contributed by atoms with Crippen molar-refractivity contribution in [1.82, 2.24) is 4.57 Å². The van der Waals surface area contributed by atoms with Crippen molar-refractivity contribution in [2.24, 2.45) is 0 Å². The second kappa shape index (κ2) is 9.67. The fraction of sp³-hybridized carbons (Fsp3) is 0.143. The van der Waals surface area contributed by atoms with E-state index in [1.165, 1.54) is 22.8 Å². The Morgan fingerprint density at radius 1 is 1.05 bits per heavy atom. The molecule has 5 rings (SSSR count). The lowest BCUT2D eigenvalue weighted by Crippen LogP contribution is -2.23. The molecule has 0 saturated carbocycles. The van der Waals surface area contributed by atoms with Gasteiger partial charge < -0.3 is 23.7 Å². The topological polar surface area (TPSA) is 84.9 Å². The number of methoxy groups -OCH3 is 1. The van der Waals surface area contributed by atoms with Crippen molar-refractivity contribution in [2.75, 3.05) is 26.1 Å². The van der Waals surface area contributed by atoms with Crippen molar-refractivity contribution in [3.05, 3.63) is 98.9 Å². The predicted molar refractivity (Wildman–Crippen MR) is 143 cm³/mol. The van der Waals surface area contributed by atoms with Crippen LogP contribution in [0.4, 0.5) is 10.1 Å². The van der Waals surface area contributed by atoms with Gasteiger partial charge in [0.05, 0.1) is 19.2 Å². The second-order valence-electron chi connectivity index (χ2n) is 8.64. The molecule has 0 amide bonds. The zero-order valence-corrected chi connectivity index (χ0v) is 21.1. The van der Waals surface area contributed by atoms with Crippen LogP contribution in [0.5, 0.6) is 11.5 Å². The third kappa shape index (κ3) is 4.42. The Labute approximate surface area is 215 Å². The number of aromatic hydroxyl groups is 1. The maximum Gasteiger partial charge on any atom is 0.354 e. The molecule has 3 aromatic carbocycles. The number of pyridine rings is 1. The van der Waals surface area contributed by atoms with E-state index in [1.807, 2.05) is 43.3 Å². The molecule has 37 heavy (non-hydrogen) atoms. The average molecular weight is 519 g/mol. The summed E-state index contributed by atoms with van der Waals surface area (Å²) in [6, 6.07) is 18.6. The van der Waals surface area contributed by atoms with Gasteiger partial charge in [-0.2, -0.15) is 0 Å². The number of halogens is 1. The molecule has 2 aromatic heterocycles. The van der Waals surface area contributed by atoms with Crippen LogP contribution in [0.2, 0.25) is 0 Å². The molecule has 0 fully saturated rings. The highest BCUT2D eigenvalue weighted by molar-refractivity contribution is 7.99. The highest BCUT2D eigenvalue weighted by Crippen LogP contribution is 2.38. The molecule has 0 bridgehead atoms. The van der Waals surface area contributed by atoms with Gasteiger partial charge in [-0.3, -0.25) is 4.79 Å². The molecular formula is C28H23FN2O5S. The number of anilines is 1. The Morgan fingerprint density at radius 3 is 2.46 bits per heavy atom. The number of aromatic nitrogens is 1. The zero-order valence-electron chi connectivity index (χ0n) is 20.3. The maximum atomic E-state index is 14.3. The first-order valence-corrected chi connectivity index (χ1v) is 12.2. The third-order valence-electron chi connectivity index (χ3n) is 6.10. The van der Waals surface area contributed by atoms with Gasteiger partial charge in [-0.1, -0.05) is 36.0 Å². The molecule has 1 N–H and O–H groups in total. The van der Waals surface area contributed by atoms with Gasteiger partial charge in [0.2, 0.25) is 0 Å². The molecule has 9 heteroatoms. The molecule has 0 aliphatic carbocycles. The Morgan fingerprint density at radius 2 is 1.78 bits per heavy atom. The summed E-state index contributed by atoms with van der Waals surface area (Å²) in [5, 5.41) is 11.5. The molecule has 5 aromatic rings. The number of benzene rings is 3. The van der Waals surface area contributed by atoms with Gasteiger partial charge in [0, 0.05) is 30.1 Å². The minimum Gasteiger partial charge on any atom is -0.505 e. The van der Waals surface area contributed by atoms with Gasteiger partial charge in [0.25, 0.3) is 5.56 Å². The number of ether oxygens (including phenoxy) is 1. The summed E-state index contributed by atoms with van der Waals surface area (Å²) in [4.78, 5) is 28.6. The average Bonchev–Trinajstić information content (AvgIpc) is 2.89. The minimum absolute atomic E-state index is 0.0170. The first kappa shape index (κ1) is 24.5. The van der Waals surface area contributed by atoms with E-state index in [0.717, 1.165) is 11.3 Å². The maximum absolute atomic E-state index is 14.3. The molecule has 0 radical (unpaired) electrons. The summed E-state index contributed by atoms with van der Waals surface area (Å²) in [5.41, 5.74) is 0.798. The third-order valence-corrected chi connectivity index (χ3v) is 7.21. The quantitative estimate of drug-likeness (QED) is 0.308. The summed E-state index contributed by atoms with van der Waals surface area (Å²) in [5.74, 6) is -0.409. The van der Waals surface area contributed by atoms with Crippen LogP contribution in [0.1, 0.15) is 5.56 Å². The van der Waals surface area contributed by atoms with E-state index in [1.54, 1.807) is 31.4 Å². The smallest absolute Gasteiger partial charge is 0.354 e. The predicted octanol–water partition coefficient (Wildman–Crippen LogP) is 5.23. The summed E-state index contributed by atoms with van der Waals surface area (Å²) < 4.78 is 26.7. The lowest BCUT2D eigenvalue weighted by Gasteiger charge is -2.18. The van der Waals surface area contributed by atoms with Gasteiger partial charge in [0.15, 0.2) is 11.3 Å². The van der Waals surface area contributed by atoms with Crippen LogP contribution in [-0.2, 0) is 6.54 Å². The van der Waals surface area contributed by atoms with E-state index in [-0.39, 0.29) is 27.3 Å². The molecule has 0 unspecified atom stereocenters. The van der Waals surface area contributed by atoms with E-state index in [4.69, 9.17) is 9.15 Å². The van der Waals surface area contributed by atoms with E-state index in [2.05, 4.69) is 0 Å². The van der Waals surface area contributed by atoms with E-state index < -0.39 is 22.8 Å². The highest BCUT2D eigenvalue weighted by Gasteiger charge is 2.23. The molecule has 0 saturated heterocycles. The van der Waals surface area contributed by atoms with Crippen LogP contribution in [0, 0.1) is 5.82 Å². The monoisotopic (exact) mass is 518 g/mol. The number of rotatable bonds is 6. The molecule has 0 atom stereocenters. The number of nitrogens with zero attached hydrogens (tertiary/aromatic N) is 2. The van der Waals surface area contributed by atoms with Crippen molar-refractivity contribution in [2.45, 2.75) is 16.3 Å². The van der Waals surface area contributed by atoms with Crippen LogP contribution in [0.15, 0.2) is 90.5 Å². The van der Waals surface area contributed by atoms with Gasteiger partial charge >= 0.3 is 5.63 Å². The van der Waals surface area contributed by atoms with Crippen molar-refractivity contribution >= 4 is 39.3 Å². The van der Waals surface area contributed by atoms with E-state index >= 15 is 0 Å². The van der Waals surface area contributed by atoms with E-state index in [0.29, 0.717) is 28.4 Å². The Balaban J connectivity index is 1.79. The van der Waals surface area contributed by atoms with E-state index in [9.17, 15) is 19.1 Å². The molecule has 7 nitrogen and oxygen atoms in total. The van der Waals surface area contributed by atoms with Crippen molar-refractivity contribution in [1.29, 1.82) is 0 Å². The van der Waals surface area contributed by atoms with Gasteiger partial charge in [0.1, 0.15) is 21.8 Å². The lowest BCUT2D eigenvalue weighted by molar-refractivity contribution is 0.414. The van der Waals surface area contributed by atoms with Crippen LogP contribution in [-0.4, -0.2) is 30.9 Å². The molecule has 2 heterocycles. The summed E-state index contributed by atoms with van der Waals surface area (Å²) in [7, 11) is 5.34. The number of hydrogen-bond donors (Lipinski definition) is 1. The fourth-order valence-corrected chi connectivity index (χ4v) is 5.01.